The van der Waals surface area contributed by atoms with Gasteiger partial charge in [-0.3, -0.25) is 4.99 Å². The summed E-state index contributed by atoms with van der Waals surface area (Å²) in [6.07, 6.45) is 5.22. The molecule has 0 aromatic heterocycles. The predicted molar refractivity (Wildman–Crippen MR) is 121 cm³/mol. The molecule has 0 spiro atoms. The van der Waals surface area contributed by atoms with Crippen LogP contribution >= 0.6 is 11.6 Å². The van der Waals surface area contributed by atoms with Crippen LogP contribution in [0.2, 0.25) is 5.02 Å². The van der Waals surface area contributed by atoms with E-state index in [1.165, 1.54) is 27.9 Å². The maximum absolute atomic E-state index is 6.02. The summed E-state index contributed by atoms with van der Waals surface area (Å²) in [6, 6.07) is 25.1. The quantitative estimate of drug-likeness (QED) is 0.546. The molecule has 0 saturated carbocycles. The minimum absolute atomic E-state index is 0.770. The monoisotopic (exact) mass is 386 g/mol. The molecular weight excluding hydrogens is 364 g/mol. The summed E-state index contributed by atoms with van der Waals surface area (Å²) in [5, 5.41) is 0.770. The zero-order valence-corrected chi connectivity index (χ0v) is 16.7. The summed E-state index contributed by atoms with van der Waals surface area (Å²) in [5.74, 6) is 0. The van der Waals surface area contributed by atoms with Gasteiger partial charge in [-0.25, -0.2) is 0 Å². The van der Waals surface area contributed by atoms with Crippen molar-refractivity contribution >= 4 is 29.1 Å². The first-order valence-electron chi connectivity index (χ1n) is 9.56. The minimum Gasteiger partial charge on any atom is -0.372 e. The molecule has 1 aliphatic heterocycles. The molecule has 3 aromatic rings. The number of halogens is 1. The predicted octanol–water partition coefficient (Wildman–Crippen LogP) is 5.88. The maximum atomic E-state index is 6.02. The number of hydrogen-bond donors (Lipinski definition) is 0. The molecule has 0 N–H and O–H groups in total. The number of hydrogen-bond acceptors (Lipinski definition) is 2. The van der Waals surface area contributed by atoms with Gasteiger partial charge in [0.05, 0.1) is 12.3 Å². The van der Waals surface area contributed by atoms with Gasteiger partial charge in [0.25, 0.3) is 0 Å². The molecule has 3 aromatic carbocycles. The number of para-hydroxylation sites is 1. The molecule has 0 atom stereocenters. The van der Waals surface area contributed by atoms with Crippen LogP contribution in [0.1, 0.15) is 22.3 Å². The zero-order valence-electron chi connectivity index (χ0n) is 16.0. The largest absolute Gasteiger partial charge is 0.372 e. The van der Waals surface area contributed by atoms with Gasteiger partial charge in [-0.2, -0.15) is 0 Å². The van der Waals surface area contributed by atoms with Gasteiger partial charge in [0.2, 0.25) is 0 Å². The third-order valence-electron chi connectivity index (χ3n) is 5.09. The summed E-state index contributed by atoms with van der Waals surface area (Å²) >= 11 is 6.02. The van der Waals surface area contributed by atoms with Crippen molar-refractivity contribution in [2.45, 2.75) is 6.42 Å². The van der Waals surface area contributed by atoms with Gasteiger partial charge in [-0.1, -0.05) is 72.3 Å². The Hall–Kier alpha value is -2.84. The molecule has 0 radical (unpaired) electrons. The van der Waals surface area contributed by atoms with Crippen LogP contribution in [0.4, 0.5) is 5.69 Å². The van der Waals surface area contributed by atoms with Crippen molar-refractivity contribution in [2.24, 2.45) is 4.99 Å². The topological polar surface area (TPSA) is 15.6 Å². The van der Waals surface area contributed by atoms with Gasteiger partial charge in [0.15, 0.2) is 0 Å². The molecule has 2 nitrogen and oxygen atoms in total. The molecule has 1 aliphatic rings. The Morgan fingerprint density at radius 2 is 1.68 bits per heavy atom. The smallest absolute Gasteiger partial charge is 0.0668 e. The molecule has 1 heterocycles. The van der Waals surface area contributed by atoms with Crippen LogP contribution in [0.3, 0.4) is 0 Å². The number of benzodiazepines with no additional fused rings is 1. The molecule has 0 fully saturated rings. The third kappa shape index (κ3) is 4.18. The molecule has 0 bridgehead atoms. The van der Waals surface area contributed by atoms with Crippen LogP contribution in [-0.2, 0) is 6.42 Å². The van der Waals surface area contributed by atoms with Crippen LogP contribution in [0, 0.1) is 0 Å². The lowest BCUT2D eigenvalue weighted by atomic mass is 9.98. The first kappa shape index (κ1) is 18.5. The molecule has 3 heteroatoms. The van der Waals surface area contributed by atoms with Gasteiger partial charge in [-0.15, -0.1) is 0 Å². The number of anilines is 1. The van der Waals surface area contributed by atoms with Gasteiger partial charge in [0.1, 0.15) is 0 Å². The lowest BCUT2D eigenvalue weighted by Gasteiger charge is -2.18. The standard InChI is InChI=1S/C25H23ClN2/c1-28-17-16-27-24(23-8-4-5-9-25(23)28)15-12-20-6-2-3-7-21(20)18-19-10-13-22(26)14-11-19/h2-15H,16-18H2,1H3. The SMILES string of the molecule is CN1CCN=C(C=Cc2ccccc2Cc2ccc(Cl)cc2)c2ccccc21. The summed E-state index contributed by atoms with van der Waals surface area (Å²) in [4.78, 5) is 7.10. The highest BCUT2D eigenvalue weighted by Gasteiger charge is 2.13. The fraction of sp³-hybridized carbons (Fsp3) is 0.160. The maximum Gasteiger partial charge on any atom is 0.0668 e. The number of allylic oxidation sites excluding steroid dienone is 1. The van der Waals surface area contributed by atoms with E-state index in [9.17, 15) is 0 Å². The van der Waals surface area contributed by atoms with E-state index in [0.29, 0.717) is 0 Å². The van der Waals surface area contributed by atoms with Crippen LogP contribution in [0.25, 0.3) is 6.08 Å². The van der Waals surface area contributed by atoms with E-state index in [0.717, 1.165) is 30.2 Å². The number of aliphatic imine (C=N–C) groups is 1. The molecule has 0 amide bonds. The fourth-order valence-corrected chi connectivity index (χ4v) is 3.67. The highest BCUT2D eigenvalue weighted by atomic mass is 35.5. The van der Waals surface area contributed by atoms with Crippen molar-refractivity contribution in [3.8, 4) is 0 Å². The molecule has 140 valence electrons. The molecule has 0 aliphatic carbocycles. The van der Waals surface area contributed by atoms with Crippen molar-refractivity contribution < 1.29 is 0 Å². The van der Waals surface area contributed by atoms with Crippen LogP contribution in [-0.4, -0.2) is 25.8 Å². The van der Waals surface area contributed by atoms with Crippen molar-refractivity contribution in [2.75, 3.05) is 25.0 Å². The second-order valence-corrected chi connectivity index (χ2v) is 7.48. The Balaban J connectivity index is 1.63. The average molecular weight is 387 g/mol. The van der Waals surface area contributed by atoms with Crippen molar-refractivity contribution in [3.05, 3.63) is 106 Å². The van der Waals surface area contributed by atoms with E-state index in [2.05, 4.69) is 84.8 Å². The van der Waals surface area contributed by atoms with E-state index >= 15 is 0 Å². The Morgan fingerprint density at radius 1 is 0.929 bits per heavy atom. The summed E-state index contributed by atoms with van der Waals surface area (Å²) in [5.41, 5.74) is 7.23. The Labute approximate surface area is 171 Å². The Bertz CT molecular complexity index is 1020. The van der Waals surface area contributed by atoms with E-state index in [-0.39, 0.29) is 0 Å². The Morgan fingerprint density at radius 3 is 2.54 bits per heavy atom. The van der Waals surface area contributed by atoms with Crippen molar-refractivity contribution in [3.63, 3.8) is 0 Å². The highest BCUT2D eigenvalue weighted by Crippen LogP contribution is 2.24. The lowest BCUT2D eigenvalue weighted by Crippen LogP contribution is -2.20. The van der Waals surface area contributed by atoms with Crippen molar-refractivity contribution in [1.82, 2.24) is 0 Å². The normalized spacial score (nSPS) is 13.9. The number of nitrogens with zero attached hydrogens (tertiary/aromatic N) is 2. The van der Waals surface area contributed by atoms with E-state index in [1.807, 2.05) is 12.1 Å². The van der Waals surface area contributed by atoms with Gasteiger partial charge >= 0.3 is 0 Å². The van der Waals surface area contributed by atoms with Crippen LogP contribution < -0.4 is 4.90 Å². The molecule has 4 rings (SSSR count). The zero-order chi connectivity index (χ0) is 19.3. The number of benzene rings is 3. The van der Waals surface area contributed by atoms with Crippen LogP contribution in [0.5, 0.6) is 0 Å². The average Bonchev–Trinajstić information content (AvgIpc) is 2.88. The van der Waals surface area contributed by atoms with E-state index < -0.39 is 0 Å². The summed E-state index contributed by atoms with van der Waals surface area (Å²) in [6.45, 7) is 1.73. The molecule has 28 heavy (non-hydrogen) atoms. The van der Waals surface area contributed by atoms with Crippen LogP contribution in [0.15, 0.2) is 83.9 Å². The summed E-state index contributed by atoms with van der Waals surface area (Å²) in [7, 11) is 2.13. The summed E-state index contributed by atoms with van der Waals surface area (Å²) < 4.78 is 0. The minimum atomic E-state index is 0.770. The Kier molecular flexibility index (Phi) is 5.59. The highest BCUT2D eigenvalue weighted by molar-refractivity contribution is 6.30. The molecular formula is C25H23ClN2. The number of rotatable bonds is 4. The van der Waals surface area contributed by atoms with Gasteiger partial charge in [0, 0.05) is 29.9 Å². The first-order valence-corrected chi connectivity index (χ1v) is 9.94. The second kappa shape index (κ2) is 8.45. The van der Waals surface area contributed by atoms with E-state index in [4.69, 9.17) is 16.6 Å². The van der Waals surface area contributed by atoms with Crippen molar-refractivity contribution in [1.29, 1.82) is 0 Å². The molecule has 0 saturated heterocycles. The van der Waals surface area contributed by atoms with Gasteiger partial charge < -0.3 is 4.90 Å². The second-order valence-electron chi connectivity index (χ2n) is 7.04. The fourth-order valence-electron chi connectivity index (χ4n) is 3.54. The number of fused-ring (bicyclic) bond motifs is 1. The third-order valence-corrected chi connectivity index (χ3v) is 5.34. The van der Waals surface area contributed by atoms with Gasteiger partial charge in [-0.05, 0) is 47.4 Å². The van der Waals surface area contributed by atoms with E-state index in [1.54, 1.807) is 0 Å². The first-order chi connectivity index (χ1) is 13.7. The molecule has 0 unspecified atom stereocenters. The number of likely N-dealkylation sites (N-methyl/N-ethyl adjacent to an activating group) is 1. The lowest BCUT2D eigenvalue weighted by molar-refractivity contribution is 0.897.